The van der Waals surface area contributed by atoms with E-state index in [-0.39, 0.29) is 29.6 Å². The number of unbranched alkanes of at least 4 members (excludes halogenated alkanes) is 5. The Morgan fingerprint density at radius 3 is 2.50 bits per heavy atom. The van der Waals surface area contributed by atoms with Crippen LogP contribution in [0.15, 0.2) is 11.8 Å². The predicted octanol–water partition coefficient (Wildman–Crippen LogP) is 4.60. The summed E-state index contributed by atoms with van der Waals surface area (Å²) in [6, 6.07) is 0. The Labute approximate surface area is 206 Å². The second-order valence-corrected chi connectivity index (χ2v) is 10.8. The fraction of sp³-hybridized carbons (Fsp3) is 0.815. The van der Waals surface area contributed by atoms with Crippen LogP contribution in [0.1, 0.15) is 91.4 Å². The maximum absolute atomic E-state index is 13.6. The van der Waals surface area contributed by atoms with E-state index in [1.54, 1.807) is 7.11 Å². The Morgan fingerprint density at radius 2 is 1.82 bits per heavy atom. The summed E-state index contributed by atoms with van der Waals surface area (Å²) in [5.74, 6) is -1.02. The summed E-state index contributed by atoms with van der Waals surface area (Å²) in [6.45, 7) is 8.17. The first-order chi connectivity index (χ1) is 16.2. The lowest BCUT2D eigenvalue weighted by Gasteiger charge is -2.51. The number of ether oxygens (including phenoxy) is 2. The Kier molecular flexibility index (Phi) is 11.1. The fourth-order valence-corrected chi connectivity index (χ4v) is 5.58. The number of likely N-dealkylation sites (tertiary alicyclic amines) is 1. The average molecular weight is 479 g/mol. The second-order valence-electron chi connectivity index (χ2n) is 10.8. The molecule has 0 saturated carbocycles. The number of carbonyl (C=O) groups excluding carboxylic acids is 3. The van der Waals surface area contributed by atoms with Crippen molar-refractivity contribution >= 4 is 17.8 Å². The van der Waals surface area contributed by atoms with Crippen LogP contribution in [0.25, 0.3) is 0 Å². The predicted molar refractivity (Wildman–Crippen MR) is 133 cm³/mol. The lowest BCUT2D eigenvalue weighted by Crippen LogP contribution is -2.56. The Hall–Kier alpha value is -1.89. The maximum atomic E-state index is 13.6. The lowest BCUT2D eigenvalue weighted by atomic mass is 9.59. The minimum Gasteiger partial charge on any atom is -0.468 e. The van der Waals surface area contributed by atoms with Gasteiger partial charge >= 0.3 is 5.97 Å². The highest BCUT2D eigenvalue weighted by molar-refractivity contribution is 5.92. The molecule has 2 aliphatic rings. The van der Waals surface area contributed by atoms with E-state index in [4.69, 9.17) is 9.47 Å². The van der Waals surface area contributed by atoms with Crippen molar-refractivity contribution in [3.05, 3.63) is 11.8 Å². The number of amides is 2. The highest BCUT2D eigenvalue weighted by Crippen LogP contribution is 2.54. The zero-order valence-corrected chi connectivity index (χ0v) is 22.0. The van der Waals surface area contributed by atoms with Gasteiger partial charge in [0.15, 0.2) is 0 Å². The van der Waals surface area contributed by atoms with Crippen LogP contribution in [0, 0.1) is 16.7 Å². The van der Waals surface area contributed by atoms with Crippen molar-refractivity contribution < 1.29 is 23.9 Å². The number of rotatable bonds is 14. The molecule has 1 heterocycles. The van der Waals surface area contributed by atoms with Crippen LogP contribution in [0.5, 0.6) is 0 Å². The Balaban J connectivity index is 2.23. The summed E-state index contributed by atoms with van der Waals surface area (Å²) in [5, 5.41) is 2.90. The Morgan fingerprint density at radius 1 is 1.12 bits per heavy atom. The smallest absolute Gasteiger partial charge is 0.317 e. The summed E-state index contributed by atoms with van der Waals surface area (Å²) >= 11 is 0. The van der Waals surface area contributed by atoms with Gasteiger partial charge in [-0.25, -0.2) is 0 Å². The van der Waals surface area contributed by atoms with Gasteiger partial charge in [0.25, 0.3) is 0 Å². The number of hydrogen-bond donors (Lipinski definition) is 1. The van der Waals surface area contributed by atoms with E-state index < -0.39 is 11.3 Å². The molecule has 34 heavy (non-hydrogen) atoms. The van der Waals surface area contributed by atoms with Crippen molar-refractivity contribution in [1.29, 1.82) is 0 Å². The van der Waals surface area contributed by atoms with Crippen molar-refractivity contribution in [2.45, 2.75) is 91.4 Å². The van der Waals surface area contributed by atoms with Crippen LogP contribution in [0.2, 0.25) is 0 Å². The van der Waals surface area contributed by atoms with Crippen molar-refractivity contribution in [2.24, 2.45) is 16.7 Å². The van der Waals surface area contributed by atoms with E-state index in [2.05, 4.69) is 32.2 Å². The third-order valence-electron chi connectivity index (χ3n) is 7.21. The first-order valence-electron chi connectivity index (χ1n) is 13.1. The highest BCUT2D eigenvalue weighted by Gasteiger charge is 2.57. The van der Waals surface area contributed by atoms with Gasteiger partial charge in [0, 0.05) is 44.8 Å². The molecule has 0 spiro atoms. The minimum absolute atomic E-state index is 0.0360. The van der Waals surface area contributed by atoms with Gasteiger partial charge < -0.3 is 19.7 Å². The SMILES string of the molecule is CCCCCCCCN1C(=O)[C@H](CC(=O)NCCCOC)C[C@@]2(C(=O)OC)CC(C)(C)CC=C12. The van der Waals surface area contributed by atoms with Gasteiger partial charge in [-0.15, -0.1) is 0 Å². The van der Waals surface area contributed by atoms with Crippen LogP contribution in [-0.4, -0.2) is 56.6 Å². The molecule has 1 aliphatic heterocycles. The second kappa shape index (κ2) is 13.3. The molecule has 2 rings (SSSR count). The summed E-state index contributed by atoms with van der Waals surface area (Å²) in [7, 11) is 3.05. The molecule has 2 atom stereocenters. The van der Waals surface area contributed by atoms with Crippen molar-refractivity contribution in [2.75, 3.05) is 33.9 Å². The largest absolute Gasteiger partial charge is 0.468 e. The first kappa shape index (κ1) is 28.3. The molecule has 0 unspecified atom stereocenters. The van der Waals surface area contributed by atoms with E-state index in [1.807, 2.05) is 4.90 Å². The lowest BCUT2D eigenvalue weighted by molar-refractivity contribution is -0.162. The van der Waals surface area contributed by atoms with Crippen LogP contribution < -0.4 is 5.32 Å². The average Bonchev–Trinajstić information content (AvgIpc) is 2.79. The summed E-state index contributed by atoms with van der Waals surface area (Å²) in [5.41, 5.74) is -0.168. The number of carbonyl (C=O) groups is 3. The van der Waals surface area contributed by atoms with Gasteiger partial charge in [-0.2, -0.15) is 0 Å². The van der Waals surface area contributed by atoms with Crippen molar-refractivity contribution in [1.82, 2.24) is 10.2 Å². The van der Waals surface area contributed by atoms with Gasteiger partial charge in [0.2, 0.25) is 11.8 Å². The molecule has 1 saturated heterocycles. The Bertz CT molecular complexity index is 733. The van der Waals surface area contributed by atoms with Crippen LogP contribution in [0.3, 0.4) is 0 Å². The number of piperidine rings is 1. The first-order valence-corrected chi connectivity index (χ1v) is 13.1. The number of esters is 1. The molecule has 7 nitrogen and oxygen atoms in total. The molecule has 2 amide bonds. The third-order valence-corrected chi connectivity index (χ3v) is 7.21. The summed E-state index contributed by atoms with van der Waals surface area (Å²) in [4.78, 5) is 41.4. The highest BCUT2D eigenvalue weighted by atomic mass is 16.5. The monoisotopic (exact) mass is 478 g/mol. The van der Waals surface area contributed by atoms with Gasteiger partial charge in [-0.1, -0.05) is 59.0 Å². The van der Waals surface area contributed by atoms with E-state index in [1.165, 1.54) is 26.4 Å². The number of nitrogens with zero attached hydrogens (tertiary/aromatic N) is 1. The van der Waals surface area contributed by atoms with E-state index in [0.717, 1.165) is 37.8 Å². The number of fused-ring (bicyclic) bond motifs is 1. The maximum Gasteiger partial charge on any atom is 0.317 e. The van der Waals surface area contributed by atoms with Gasteiger partial charge in [0.05, 0.1) is 7.11 Å². The van der Waals surface area contributed by atoms with E-state index in [9.17, 15) is 14.4 Å². The van der Waals surface area contributed by atoms with Crippen LogP contribution >= 0.6 is 0 Å². The van der Waals surface area contributed by atoms with Gasteiger partial charge in [-0.05, 0) is 37.5 Å². The van der Waals surface area contributed by atoms with Crippen LogP contribution in [0.4, 0.5) is 0 Å². The molecule has 0 bridgehead atoms. The molecule has 0 aromatic carbocycles. The number of nitrogens with one attached hydrogen (secondary N) is 1. The molecule has 194 valence electrons. The molecule has 0 radical (unpaired) electrons. The zero-order valence-electron chi connectivity index (χ0n) is 22.0. The topological polar surface area (TPSA) is 84.9 Å². The molecular formula is C27H46N2O5. The van der Waals surface area contributed by atoms with Gasteiger partial charge in [0.1, 0.15) is 5.41 Å². The zero-order chi connectivity index (χ0) is 25.2. The van der Waals surface area contributed by atoms with E-state index in [0.29, 0.717) is 32.5 Å². The molecule has 1 fully saturated rings. The number of hydrogen-bond acceptors (Lipinski definition) is 5. The van der Waals surface area contributed by atoms with Crippen molar-refractivity contribution in [3.63, 3.8) is 0 Å². The summed E-state index contributed by atoms with van der Waals surface area (Å²) < 4.78 is 10.3. The molecule has 0 aromatic rings. The third kappa shape index (κ3) is 7.30. The molecule has 7 heteroatoms. The fourth-order valence-electron chi connectivity index (χ4n) is 5.58. The molecular weight excluding hydrogens is 432 g/mol. The minimum atomic E-state index is -0.881. The summed E-state index contributed by atoms with van der Waals surface area (Å²) in [6.07, 6.45) is 11.4. The molecule has 1 N–H and O–H groups in total. The number of allylic oxidation sites excluding steroid dienone is 1. The van der Waals surface area contributed by atoms with E-state index >= 15 is 0 Å². The van der Waals surface area contributed by atoms with Crippen LogP contribution in [-0.2, 0) is 23.9 Å². The molecule has 0 aromatic heterocycles. The van der Waals surface area contributed by atoms with Crippen molar-refractivity contribution in [3.8, 4) is 0 Å². The standard InChI is InChI=1S/C27H46N2O5/c1-6-7-8-9-10-11-16-29-22-13-14-26(2,3)20-27(22,25(32)34-5)19-21(24(29)31)18-23(30)28-15-12-17-33-4/h13,21H,6-12,14-20H2,1-5H3,(H,28,30)/t21-,27-/m1/s1. The number of methoxy groups -OCH3 is 2. The molecule has 1 aliphatic carbocycles. The quantitative estimate of drug-likeness (QED) is 0.291. The normalized spacial score (nSPS) is 23.8. The van der Waals surface area contributed by atoms with Gasteiger partial charge in [-0.3, -0.25) is 14.4 Å².